The van der Waals surface area contributed by atoms with Gasteiger partial charge in [0.15, 0.2) is 16.6 Å². The fraction of sp³-hybridized carbons (Fsp3) is 0.136. The predicted molar refractivity (Wildman–Crippen MR) is 122 cm³/mol. The molecule has 1 saturated heterocycles. The predicted octanol–water partition coefficient (Wildman–Crippen LogP) is 3.83. The molecule has 0 atom stereocenters. The van der Waals surface area contributed by atoms with E-state index in [1.54, 1.807) is 25.1 Å². The highest BCUT2D eigenvalue weighted by atomic mass is 79.9. The smallest absolute Gasteiger partial charge is 0.270 e. The summed E-state index contributed by atoms with van der Waals surface area (Å²) in [5, 5.41) is 2.22. The number of thiocarbonyl (C=S) groups is 1. The number of ether oxygens (including phenoxy) is 2. The molecule has 2 amide bonds. The lowest BCUT2D eigenvalue weighted by atomic mass is 10.1. The third-order valence-electron chi connectivity index (χ3n) is 4.17. The number of hydrogen-bond acceptors (Lipinski definition) is 5. The minimum atomic E-state index is -0.753. The van der Waals surface area contributed by atoms with Crippen LogP contribution in [0.25, 0.3) is 6.08 Å². The monoisotopic (exact) mass is 502 g/mol. The molecule has 31 heavy (non-hydrogen) atoms. The Morgan fingerprint density at radius 1 is 1.26 bits per heavy atom. The van der Waals surface area contributed by atoms with Gasteiger partial charge < -0.3 is 9.47 Å². The molecule has 2 aromatic carbocycles. The fourth-order valence-electron chi connectivity index (χ4n) is 2.83. The van der Waals surface area contributed by atoms with Crippen LogP contribution in [-0.4, -0.2) is 30.1 Å². The molecule has 0 spiro atoms. The first-order valence-corrected chi connectivity index (χ1v) is 10.3. The van der Waals surface area contributed by atoms with Crippen molar-refractivity contribution in [1.29, 1.82) is 0 Å². The first kappa shape index (κ1) is 22.5. The zero-order valence-electron chi connectivity index (χ0n) is 16.3. The van der Waals surface area contributed by atoms with Gasteiger partial charge in [-0.15, -0.1) is 6.42 Å². The minimum absolute atomic E-state index is 0.0445. The third kappa shape index (κ3) is 4.76. The Kier molecular flexibility index (Phi) is 7.05. The number of benzene rings is 2. The molecule has 1 aliphatic heterocycles. The van der Waals surface area contributed by atoms with Crippen molar-refractivity contribution in [2.24, 2.45) is 0 Å². The number of halogens is 2. The molecule has 1 heterocycles. The van der Waals surface area contributed by atoms with E-state index in [1.807, 2.05) is 0 Å². The Hall–Kier alpha value is -3.22. The normalized spacial score (nSPS) is 15.0. The molecule has 2 aromatic rings. The molecule has 158 valence electrons. The van der Waals surface area contributed by atoms with Crippen LogP contribution in [0.15, 0.2) is 46.4 Å². The maximum absolute atomic E-state index is 14.3. The van der Waals surface area contributed by atoms with Crippen LogP contribution in [-0.2, 0) is 9.59 Å². The van der Waals surface area contributed by atoms with Gasteiger partial charge in [0.2, 0.25) is 0 Å². The molecule has 0 unspecified atom stereocenters. The third-order valence-corrected chi connectivity index (χ3v) is 5.14. The van der Waals surface area contributed by atoms with Crippen LogP contribution in [0.3, 0.4) is 0 Å². The zero-order valence-corrected chi connectivity index (χ0v) is 18.7. The van der Waals surface area contributed by atoms with Crippen LogP contribution in [0.4, 0.5) is 10.1 Å². The Bertz CT molecular complexity index is 1140. The highest BCUT2D eigenvalue weighted by Gasteiger charge is 2.35. The topological polar surface area (TPSA) is 67.9 Å². The number of para-hydroxylation sites is 1. The first-order chi connectivity index (χ1) is 14.9. The average molecular weight is 503 g/mol. The van der Waals surface area contributed by atoms with Gasteiger partial charge in [0.1, 0.15) is 18.0 Å². The molecule has 3 rings (SSSR count). The molecule has 0 bridgehead atoms. The van der Waals surface area contributed by atoms with Gasteiger partial charge in [-0.25, -0.2) is 9.29 Å². The molecule has 9 heteroatoms. The van der Waals surface area contributed by atoms with Crippen LogP contribution in [0.1, 0.15) is 12.5 Å². The number of carbonyl (C=O) groups excluding carboxylic acids is 2. The summed E-state index contributed by atoms with van der Waals surface area (Å²) in [6.45, 7) is 2.21. The molecular weight excluding hydrogens is 487 g/mol. The maximum atomic E-state index is 14.3. The van der Waals surface area contributed by atoms with Gasteiger partial charge in [0.25, 0.3) is 11.8 Å². The molecule has 0 aliphatic carbocycles. The largest absolute Gasteiger partial charge is 0.490 e. The van der Waals surface area contributed by atoms with Crippen molar-refractivity contribution in [3.8, 4) is 23.8 Å². The number of hydrogen-bond donors (Lipinski definition) is 1. The number of nitrogens with zero attached hydrogens (tertiary/aromatic N) is 1. The van der Waals surface area contributed by atoms with Crippen LogP contribution >= 0.6 is 28.1 Å². The highest BCUT2D eigenvalue weighted by molar-refractivity contribution is 9.10. The van der Waals surface area contributed by atoms with Crippen molar-refractivity contribution in [2.75, 3.05) is 18.1 Å². The van der Waals surface area contributed by atoms with Gasteiger partial charge in [-0.05, 0) is 55.0 Å². The van der Waals surface area contributed by atoms with Crippen LogP contribution in [0.2, 0.25) is 0 Å². The number of amides is 2. The van der Waals surface area contributed by atoms with E-state index in [4.69, 9.17) is 28.1 Å². The van der Waals surface area contributed by atoms with Gasteiger partial charge in [-0.2, -0.15) is 0 Å². The number of rotatable bonds is 6. The Labute approximate surface area is 192 Å². The molecule has 0 saturated carbocycles. The van der Waals surface area contributed by atoms with Crippen molar-refractivity contribution < 1.29 is 23.5 Å². The molecule has 6 nitrogen and oxygen atoms in total. The summed E-state index contributed by atoms with van der Waals surface area (Å²) in [6.07, 6.45) is 6.61. The maximum Gasteiger partial charge on any atom is 0.270 e. The molecule has 1 N–H and O–H groups in total. The van der Waals surface area contributed by atoms with Crippen molar-refractivity contribution >= 4 is 56.8 Å². The van der Waals surface area contributed by atoms with E-state index in [-0.39, 0.29) is 23.0 Å². The lowest BCUT2D eigenvalue weighted by Crippen LogP contribution is -2.54. The van der Waals surface area contributed by atoms with Crippen molar-refractivity contribution in [3.63, 3.8) is 0 Å². The standard InChI is InChI=1S/C22H16BrFN2O4S/c1-3-9-30-19-12-15(23)13(11-18(19)29-4-2)10-14-20(27)25-22(31)26(21(14)28)17-8-6-5-7-16(17)24/h1,5-8,10-12H,4,9H2,2H3,(H,25,27,31)/b14-10+. The number of carbonyl (C=O) groups is 2. The van der Waals surface area contributed by atoms with E-state index >= 15 is 0 Å². The van der Waals surface area contributed by atoms with E-state index in [1.165, 1.54) is 24.3 Å². The molecule has 1 aliphatic rings. The second kappa shape index (κ2) is 9.73. The average Bonchev–Trinajstić information content (AvgIpc) is 2.73. The first-order valence-electron chi connectivity index (χ1n) is 9.06. The molecular formula is C22H16BrFN2O4S. The fourth-order valence-corrected chi connectivity index (χ4v) is 3.54. The number of anilines is 1. The van der Waals surface area contributed by atoms with E-state index < -0.39 is 17.6 Å². The molecule has 0 radical (unpaired) electrons. The number of terminal acetylenes is 1. The number of nitrogens with one attached hydrogen (secondary N) is 1. The second-order valence-electron chi connectivity index (χ2n) is 6.16. The van der Waals surface area contributed by atoms with E-state index in [0.717, 1.165) is 4.90 Å². The lowest BCUT2D eigenvalue weighted by molar-refractivity contribution is -0.122. The SMILES string of the molecule is C#CCOc1cc(Br)c(/C=C2\C(=O)NC(=S)N(c3ccccc3F)C2=O)cc1OCC. The van der Waals surface area contributed by atoms with Crippen LogP contribution in [0.5, 0.6) is 11.5 Å². The van der Waals surface area contributed by atoms with Crippen molar-refractivity contribution in [1.82, 2.24) is 5.32 Å². The summed E-state index contributed by atoms with van der Waals surface area (Å²) in [5.41, 5.74) is 0.184. The summed E-state index contributed by atoms with van der Waals surface area (Å²) < 4.78 is 25.9. The van der Waals surface area contributed by atoms with Crippen LogP contribution < -0.4 is 19.7 Å². The summed E-state index contributed by atoms with van der Waals surface area (Å²) in [4.78, 5) is 26.5. The van der Waals surface area contributed by atoms with Gasteiger partial charge in [0, 0.05) is 4.47 Å². The van der Waals surface area contributed by atoms with E-state index in [9.17, 15) is 14.0 Å². The quantitative estimate of drug-likeness (QED) is 0.281. The summed E-state index contributed by atoms with van der Waals surface area (Å²) in [6, 6.07) is 8.88. The van der Waals surface area contributed by atoms with Crippen molar-refractivity contribution in [3.05, 3.63) is 57.8 Å². The van der Waals surface area contributed by atoms with Gasteiger partial charge in [-0.1, -0.05) is 34.0 Å². The summed E-state index contributed by atoms with van der Waals surface area (Å²) in [7, 11) is 0. The Balaban J connectivity index is 2.05. The van der Waals surface area contributed by atoms with Crippen molar-refractivity contribution in [2.45, 2.75) is 6.92 Å². The second-order valence-corrected chi connectivity index (χ2v) is 7.40. The molecule has 1 fully saturated rings. The molecule has 0 aromatic heterocycles. The Morgan fingerprint density at radius 3 is 2.65 bits per heavy atom. The lowest BCUT2D eigenvalue weighted by Gasteiger charge is -2.29. The van der Waals surface area contributed by atoms with Gasteiger partial charge in [-0.3, -0.25) is 14.9 Å². The zero-order chi connectivity index (χ0) is 22.5. The van der Waals surface area contributed by atoms with Crippen LogP contribution in [0, 0.1) is 18.2 Å². The van der Waals surface area contributed by atoms with E-state index in [2.05, 4.69) is 27.2 Å². The minimum Gasteiger partial charge on any atom is -0.490 e. The van der Waals surface area contributed by atoms with Gasteiger partial charge >= 0.3 is 0 Å². The van der Waals surface area contributed by atoms with E-state index in [0.29, 0.717) is 28.1 Å². The van der Waals surface area contributed by atoms with Gasteiger partial charge in [0.05, 0.1) is 12.3 Å². The highest BCUT2D eigenvalue weighted by Crippen LogP contribution is 2.35. The summed E-state index contributed by atoms with van der Waals surface area (Å²) >= 11 is 8.50. The Morgan fingerprint density at radius 2 is 1.97 bits per heavy atom. The summed E-state index contributed by atoms with van der Waals surface area (Å²) in [5.74, 6) is 1.07.